The van der Waals surface area contributed by atoms with Crippen LogP contribution in [0.2, 0.25) is 0 Å². The Kier molecular flexibility index (Phi) is 15.4. The molecule has 1 aliphatic rings. The number of amides is 1. The van der Waals surface area contributed by atoms with Crippen LogP contribution in [0.1, 0.15) is 71.9 Å². The molecule has 0 saturated carbocycles. The van der Waals surface area contributed by atoms with Gasteiger partial charge in [-0.25, -0.2) is 0 Å². The number of hydrogen-bond donors (Lipinski definition) is 2. The molecule has 1 heterocycles. The van der Waals surface area contributed by atoms with Crippen LogP contribution < -0.4 is 5.32 Å². The van der Waals surface area contributed by atoms with Gasteiger partial charge in [0, 0.05) is 24.9 Å². The molecule has 0 bridgehead atoms. The average molecular weight is 415 g/mol. The summed E-state index contributed by atoms with van der Waals surface area (Å²) in [4.78, 5) is 12.2. The maximum atomic E-state index is 12.2. The van der Waals surface area contributed by atoms with E-state index in [4.69, 9.17) is 10.1 Å². The Balaban J connectivity index is 0.00000154. The Morgan fingerprint density at radius 2 is 1.87 bits per heavy atom. The van der Waals surface area contributed by atoms with Crippen LogP contribution in [0.3, 0.4) is 0 Å². The Labute approximate surface area is 184 Å². The minimum Gasteiger partial charge on any atom is -0.376 e. The topological polar surface area (TPSA) is 62.2 Å². The van der Waals surface area contributed by atoms with Crippen LogP contribution in [0.4, 0.5) is 0 Å². The highest BCUT2D eigenvalue weighted by Crippen LogP contribution is 2.17. The second-order valence-corrected chi connectivity index (χ2v) is 7.62. The summed E-state index contributed by atoms with van der Waals surface area (Å²) in [7, 11) is 0. The highest BCUT2D eigenvalue weighted by Gasteiger charge is 2.16. The van der Waals surface area contributed by atoms with E-state index in [1.54, 1.807) is 6.08 Å². The van der Waals surface area contributed by atoms with Crippen LogP contribution in [0, 0.1) is 11.3 Å². The van der Waals surface area contributed by atoms with Gasteiger partial charge in [-0.1, -0.05) is 78.8 Å². The van der Waals surface area contributed by atoms with E-state index in [2.05, 4.69) is 51.7 Å². The molecule has 1 amide bonds. The second-order valence-electron chi connectivity index (χ2n) is 7.62. The van der Waals surface area contributed by atoms with Gasteiger partial charge in [0.15, 0.2) is 0 Å². The molecule has 4 nitrogen and oxygen atoms in total. The number of ether oxygens (including phenoxy) is 1. The van der Waals surface area contributed by atoms with Gasteiger partial charge in [0.1, 0.15) is 0 Å². The lowest BCUT2D eigenvalue weighted by Crippen LogP contribution is -2.32. The molecule has 1 saturated heterocycles. The zero-order valence-corrected chi connectivity index (χ0v) is 19.9. The molecular formula is C26H42N2O2. The summed E-state index contributed by atoms with van der Waals surface area (Å²) in [5, 5.41) is 10.5. The zero-order chi connectivity index (χ0) is 22.9. The third-order valence-corrected chi connectivity index (χ3v) is 4.22. The lowest BCUT2D eigenvalue weighted by atomic mass is 9.98. The van der Waals surface area contributed by atoms with Crippen molar-refractivity contribution in [2.45, 2.75) is 73.3 Å². The standard InChI is InChI=1S/C21H28N2O2.C3H8.C2H6/c1-15(2)11-17-6-8-18(9-7-17)19(13-22)12-16(3)21(24)23-14-20-5-4-10-25-20;1-3-2;1-2/h6-9,12-13,15,20,22H,3-5,10-11,14H2,1-2H3,(H,23,24);3H2,1-2H3;1-2H3/b19-12+,22-13?;;. The minimum atomic E-state index is -0.216. The van der Waals surface area contributed by atoms with Gasteiger partial charge in [0.05, 0.1) is 6.10 Å². The monoisotopic (exact) mass is 414 g/mol. The van der Waals surface area contributed by atoms with Crippen LogP contribution in [0.15, 0.2) is 42.5 Å². The molecule has 2 N–H and O–H groups in total. The summed E-state index contributed by atoms with van der Waals surface area (Å²) in [5.74, 6) is 0.391. The Bertz CT molecular complexity index is 654. The molecule has 0 aliphatic carbocycles. The molecule has 0 aromatic heterocycles. The number of carbonyl (C=O) groups excluding carboxylic acids is 1. The molecule has 0 radical (unpaired) electrons. The van der Waals surface area contributed by atoms with E-state index in [1.165, 1.54) is 18.2 Å². The van der Waals surface area contributed by atoms with Crippen LogP contribution in [0.25, 0.3) is 5.57 Å². The summed E-state index contributed by atoms with van der Waals surface area (Å²) in [5.41, 5.74) is 3.21. The van der Waals surface area contributed by atoms with Gasteiger partial charge in [-0.3, -0.25) is 4.79 Å². The Morgan fingerprint density at radius 3 is 2.33 bits per heavy atom. The Morgan fingerprint density at radius 1 is 1.27 bits per heavy atom. The fourth-order valence-corrected chi connectivity index (χ4v) is 2.89. The first-order chi connectivity index (χ1) is 14.4. The van der Waals surface area contributed by atoms with Crippen LogP contribution in [0.5, 0.6) is 0 Å². The van der Waals surface area contributed by atoms with E-state index >= 15 is 0 Å². The molecule has 168 valence electrons. The van der Waals surface area contributed by atoms with Crippen molar-refractivity contribution < 1.29 is 9.53 Å². The first kappa shape index (κ1) is 27.8. The number of nitrogens with one attached hydrogen (secondary N) is 2. The van der Waals surface area contributed by atoms with Gasteiger partial charge < -0.3 is 15.5 Å². The number of carbonyl (C=O) groups is 1. The van der Waals surface area contributed by atoms with Crippen LogP contribution in [-0.2, 0) is 16.0 Å². The van der Waals surface area contributed by atoms with Crippen molar-refractivity contribution in [3.63, 3.8) is 0 Å². The van der Waals surface area contributed by atoms with E-state index in [0.29, 0.717) is 23.6 Å². The lowest BCUT2D eigenvalue weighted by molar-refractivity contribution is -0.117. The summed E-state index contributed by atoms with van der Waals surface area (Å²) < 4.78 is 5.50. The van der Waals surface area contributed by atoms with E-state index < -0.39 is 0 Å². The van der Waals surface area contributed by atoms with Gasteiger partial charge in [0.2, 0.25) is 0 Å². The van der Waals surface area contributed by atoms with Crippen molar-refractivity contribution in [1.82, 2.24) is 5.32 Å². The smallest absolute Gasteiger partial charge is 0.250 e. The molecule has 1 unspecified atom stereocenters. The quantitative estimate of drug-likeness (QED) is 0.302. The normalized spacial score (nSPS) is 15.4. The Hall–Kier alpha value is -2.20. The fourth-order valence-electron chi connectivity index (χ4n) is 2.89. The largest absolute Gasteiger partial charge is 0.376 e. The molecule has 1 atom stereocenters. The third-order valence-electron chi connectivity index (χ3n) is 4.22. The zero-order valence-electron chi connectivity index (χ0n) is 19.9. The van der Waals surface area contributed by atoms with Crippen molar-refractivity contribution in [1.29, 1.82) is 5.41 Å². The summed E-state index contributed by atoms with van der Waals surface area (Å²) in [6.07, 6.45) is 7.34. The van der Waals surface area contributed by atoms with E-state index in [-0.39, 0.29) is 12.0 Å². The SMILES string of the molecule is C=C(/C=C(\C=N)c1ccc(CC(C)C)cc1)C(=O)NCC1CCCO1.CC.CCC. The van der Waals surface area contributed by atoms with Crippen molar-refractivity contribution in [3.8, 4) is 0 Å². The second kappa shape index (κ2) is 16.6. The predicted molar refractivity (Wildman–Crippen MR) is 130 cm³/mol. The van der Waals surface area contributed by atoms with Crippen molar-refractivity contribution in [3.05, 3.63) is 53.6 Å². The summed E-state index contributed by atoms with van der Waals surface area (Å²) in [6.45, 7) is 17.7. The maximum absolute atomic E-state index is 12.2. The van der Waals surface area contributed by atoms with Gasteiger partial charge in [-0.15, -0.1) is 0 Å². The van der Waals surface area contributed by atoms with Crippen molar-refractivity contribution >= 4 is 17.7 Å². The molecular weight excluding hydrogens is 372 g/mol. The fraction of sp³-hybridized carbons (Fsp3) is 0.538. The third kappa shape index (κ3) is 11.1. The number of rotatable bonds is 8. The highest BCUT2D eigenvalue weighted by atomic mass is 16.5. The first-order valence-electron chi connectivity index (χ1n) is 11.3. The van der Waals surface area contributed by atoms with Gasteiger partial charge >= 0.3 is 0 Å². The molecule has 30 heavy (non-hydrogen) atoms. The molecule has 1 aromatic carbocycles. The molecule has 1 fully saturated rings. The average Bonchev–Trinajstić information content (AvgIpc) is 3.26. The van der Waals surface area contributed by atoms with Gasteiger partial charge in [-0.2, -0.15) is 0 Å². The van der Waals surface area contributed by atoms with Crippen LogP contribution >= 0.6 is 0 Å². The van der Waals surface area contributed by atoms with E-state index in [1.807, 2.05) is 26.0 Å². The van der Waals surface area contributed by atoms with Gasteiger partial charge in [-0.05, 0) is 48.0 Å². The maximum Gasteiger partial charge on any atom is 0.250 e. The van der Waals surface area contributed by atoms with Gasteiger partial charge in [0.25, 0.3) is 5.91 Å². The predicted octanol–water partition coefficient (Wildman–Crippen LogP) is 6.21. The van der Waals surface area contributed by atoms with Crippen molar-refractivity contribution in [2.75, 3.05) is 13.2 Å². The minimum absolute atomic E-state index is 0.108. The first-order valence-corrected chi connectivity index (χ1v) is 11.3. The number of allylic oxidation sites excluding steroid dienone is 1. The van der Waals surface area contributed by atoms with Crippen molar-refractivity contribution in [2.24, 2.45) is 5.92 Å². The van der Waals surface area contributed by atoms with E-state index in [9.17, 15) is 4.79 Å². The highest BCUT2D eigenvalue weighted by molar-refractivity contribution is 6.11. The molecule has 1 aliphatic heterocycles. The summed E-state index contributed by atoms with van der Waals surface area (Å²) >= 11 is 0. The molecule has 0 spiro atoms. The van der Waals surface area contributed by atoms with E-state index in [0.717, 1.165) is 31.4 Å². The molecule has 1 aromatic rings. The molecule has 2 rings (SSSR count). The van der Waals surface area contributed by atoms with Crippen LogP contribution in [-0.4, -0.2) is 31.4 Å². The molecule has 4 heteroatoms. The number of hydrogen-bond acceptors (Lipinski definition) is 3. The lowest BCUT2D eigenvalue weighted by Gasteiger charge is -2.11. The number of benzene rings is 1. The summed E-state index contributed by atoms with van der Waals surface area (Å²) in [6, 6.07) is 8.14.